The first-order chi connectivity index (χ1) is 5.57. The lowest BCUT2D eigenvalue weighted by molar-refractivity contribution is -0.137. The lowest BCUT2D eigenvalue weighted by Gasteiger charge is -2.14. The summed E-state index contributed by atoms with van der Waals surface area (Å²) in [5.41, 5.74) is 0. The summed E-state index contributed by atoms with van der Waals surface area (Å²) < 4.78 is 0. The third kappa shape index (κ3) is 5.31. The average molecular weight is 209 g/mol. The fraction of sp³-hybridized carbons (Fsp3) is 0.667. The van der Waals surface area contributed by atoms with Gasteiger partial charge in [-0.3, -0.25) is 9.59 Å². The van der Waals surface area contributed by atoms with Crippen molar-refractivity contribution in [3.8, 4) is 0 Å². The van der Waals surface area contributed by atoms with E-state index < -0.39 is 5.97 Å². The number of nitrogens with zero attached hydrogens (tertiary/aromatic N) is 1. The molecule has 1 amide bonds. The van der Waals surface area contributed by atoms with Gasteiger partial charge >= 0.3 is 5.97 Å². The molecule has 0 spiro atoms. The minimum atomic E-state index is -0.895. The first-order valence-corrected chi connectivity index (χ1v) is 5.34. The van der Waals surface area contributed by atoms with Crippen LogP contribution < -0.4 is 0 Å². The number of rotatable bonds is 5. The predicted octanol–water partition coefficient (Wildman–Crippen LogP) is 0.497. The fourth-order valence-corrected chi connectivity index (χ4v) is 1.22. The van der Waals surface area contributed by atoms with E-state index in [0.717, 1.165) is 10.8 Å². The molecule has 0 atom stereocenters. The Morgan fingerprint density at radius 3 is 2.58 bits per heavy atom. The SMILES string of the molecule is CN(CCC(=O)O)C(=O)CSS. The normalized spacial score (nSPS) is 9.50. The quantitative estimate of drug-likeness (QED) is 0.511. The largest absolute Gasteiger partial charge is 0.481 e. The van der Waals surface area contributed by atoms with Crippen molar-refractivity contribution in [1.82, 2.24) is 4.90 Å². The van der Waals surface area contributed by atoms with Crippen molar-refractivity contribution in [1.29, 1.82) is 0 Å². The molecule has 0 aromatic carbocycles. The van der Waals surface area contributed by atoms with E-state index in [2.05, 4.69) is 11.7 Å². The van der Waals surface area contributed by atoms with Gasteiger partial charge in [0.15, 0.2) is 0 Å². The molecule has 0 fully saturated rings. The summed E-state index contributed by atoms with van der Waals surface area (Å²) in [6, 6.07) is 0. The lowest BCUT2D eigenvalue weighted by atomic mass is 10.4. The fourth-order valence-electron chi connectivity index (χ4n) is 0.553. The molecular formula is C6H11NO3S2. The predicted molar refractivity (Wildman–Crippen MR) is 51.3 cm³/mol. The maximum absolute atomic E-state index is 11.0. The van der Waals surface area contributed by atoms with Crippen LogP contribution in [0.25, 0.3) is 0 Å². The number of carbonyl (C=O) groups excluding carboxylic acids is 1. The van der Waals surface area contributed by atoms with Gasteiger partial charge in [0.2, 0.25) is 5.91 Å². The highest BCUT2D eigenvalue weighted by Gasteiger charge is 2.08. The summed E-state index contributed by atoms with van der Waals surface area (Å²) in [5, 5.41) is 8.32. The first-order valence-electron chi connectivity index (χ1n) is 3.30. The summed E-state index contributed by atoms with van der Waals surface area (Å²) in [4.78, 5) is 22.5. The van der Waals surface area contributed by atoms with Gasteiger partial charge in [0.1, 0.15) is 0 Å². The second-order valence-electron chi connectivity index (χ2n) is 2.23. The molecule has 0 aromatic heterocycles. The number of aliphatic carboxylic acids is 1. The molecule has 70 valence electrons. The molecule has 1 N–H and O–H groups in total. The van der Waals surface area contributed by atoms with Crippen molar-refractivity contribution in [2.45, 2.75) is 6.42 Å². The molecule has 0 bridgehead atoms. The van der Waals surface area contributed by atoms with Crippen LogP contribution in [-0.2, 0) is 9.59 Å². The standard InChI is InChI=1S/C6H11NO3S2/c1-7(3-2-6(9)10)5(8)4-12-11/h11H,2-4H2,1H3,(H,9,10). The number of carbonyl (C=O) groups is 2. The Kier molecular flexibility index (Phi) is 6.00. The van der Waals surface area contributed by atoms with Crippen LogP contribution in [0.1, 0.15) is 6.42 Å². The van der Waals surface area contributed by atoms with Gasteiger partial charge in [-0.15, -0.1) is 11.7 Å². The molecule has 6 heteroatoms. The molecule has 0 saturated carbocycles. The Morgan fingerprint density at radius 1 is 1.58 bits per heavy atom. The van der Waals surface area contributed by atoms with Gasteiger partial charge in [-0.05, 0) is 0 Å². The highest BCUT2D eigenvalue weighted by Crippen LogP contribution is 2.05. The first kappa shape index (κ1) is 11.6. The number of hydrogen-bond donors (Lipinski definition) is 2. The summed E-state index contributed by atoms with van der Waals surface area (Å²) in [5.74, 6) is -0.719. The minimum absolute atomic E-state index is 0.0144. The van der Waals surface area contributed by atoms with Crippen LogP contribution in [0.2, 0.25) is 0 Å². The van der Waals surface area contributed by atoms with Crippen LogP contribution in [-0.4, -0.2) is 41.2 Å². The zero-order valence-corrected chi connectivity index (χ0v) is 8.40. The second kappa shape index (κ2) is 6.19. The molecule has 12 heavy (non-hydrogen) atoms. The van der Waals surface area contributed by atoms with Crippen molar-refractivity contribution in [2.75, 3.05) is 19.3 Å². The monoisotopic (exact) mass is 209 g/mol. The molecule has 0 aliphatic rings. The summed E-state index contributed by atoms with van der Waals surface area (Å²) in [6.45, 7) is 0.252. The van der Waals surface area contributed by atoms with E-state index in [1.807, 2.05) is 0 Å². The van der Waals surface area contributed by atoms with Gasteiger partial charge in [-0.2, -0.15) is 0 Å². The summed E-state index contributed by atoms with van der Waals surface area (Å²) in [6.07, 6.45) is -0.0144. The Hall–Kier alpha value is -0.360. The van der Waals surface area contributed by atoms with Gasteiger partial charge in [0, 0.05) is 13.6 Å². The van der Waals surface area contributed by atoms with E-state index in [1.54, 1.807) is 7.05 Å². The molecule has 4 nitrogen and oxygen atoms in total. The van der Waals surface area contributed by atoms with Gasteiger partial charge in [0.05, 0.1) is 12.2 Å². The van der Waals surface area contributed by atoms with Crippen molar-refractivity contribution in [3.05, 3.63) is 0 Å². The molecule has 0 heterocycles. The topological polar surface area (TPSA) is 57.6 Å². The highest BCUT2D eigenvalue weighted by molar-refractivity contribution is 8.68. The van der Waals surface area contributed by atoms with Crippen LogP contribution in [0.5, 0.6) is 0 Å². The van der Waals surface area contributed by atoms with Crippen molar-refractivity contribution in [3.63, 3.8) is 0 Å². The highest BCUT2D eigenvalue weighted by atomic mass is 33.1. The Labute approximate surface area is 80.1 Å². The van der Waals surface area contributed by atoms with E-state index in [-0.39, 0.29) is 24.6 Å². The second-order valence-corrected chi connectivity index (χ2v) is 3.55. The van der Waals surface area contributed by atoms with Crippen molar-refractivity contribution < 1.29 is 14.7 Å². The minimum Gasteiger partial charge on any atom is -0.481 e. The van der Waals surface area contributed by atoms with Gasteiger partial charge < -0.3 is 10.0 Å². The number of amides is 1. The van der Waals surface area contributed by atoms with Crippen molar-refractivity contribution in [2.24, 2.45) is 0 Å². The molecule has 0 saturated heterocycles. The maximum atomic E-state index is 11.0. The Bertz CT molecular complexity index is 174. The molecule has 0 rings (SSSR count). The van der Waals surface area contributed by atoms with Gasteiger partial charge in [-0.25, -0.2) is 0 Å². The third-order valence-corrected chi connectivity index (χ3v) is 2.04. The van der Waals surface area contributed by atoms with Crippen molar-refractivity contribution >= 4 is 34.3 Å². The molecular weight excluding hydrogens is 198 g/mol. The lowest BCUT2D eigenvalue weighted by Crippen LogP contribution is -2.30. The van der Waals surface area contributed by atoms with E-state index >= 15 is 0 Å². The zero-order valence-electron chi connectivity index (χ0n) is 6.69. The van der Waals surface area contributed by atoms with Crippen LogP contribution >= 0.6 is 22.5 Å². The maximum Gasteiger partial charge on any atom is 0.305 e. The molecule has 0 aliphatic carbocycles. The average Bonchev–Trinajstić information content (AvgIpc) is 2.00. The summed E-state index contributed by atoms with van der Waals surface area (Å²) in [7, 11) is 2.71. The Morgan fingerprint density at radius 2 is 2.17 bits per heavy atom. The number of carboxylic acid groups (broad SMARTS) is 1. The van der Waals surface area contributed by atoms with Crippen LogP contribution in [0.3, 0.4) is 0 Å². The molecule has 0 aromatic rings. The van der Waals surface area contributed by atoms with Gasteiger partial charge in [-0.1, -0.05) is 10.8 Å². The Balaban J connectivity index is 3.63. The number of carboxylic acids is 1. The summed E-state index contributed by atoms with van der Waals surface area (Å²) >= 11 is 3.82. The van der Waals surface area contributed by atoms with Crippen LogP contribution in [0.4, 0.5) is 0 Å². The van der Waals surface area contributed by atoms with Gasteiger partial charge in [0.25, 0.3) is 0 Å². The molecule has 0 unspecified atom stereocenters. The molecule has 0 aliphatic heterocycles. The van der Waals surface area contributed by atoms with Crippen LogP contribution in [0, 0.1) is 0 Å². The van der Waals surface area contributed by atoms with Crippen LogP contribution in [0.15, 0.2) is 0 Å². The third-order valence-electron chi connectivity index (χ3n) is 1.27. The number of thiol groups is 1. The van der Waals surface area contributed by atoms with E-state index in [9.17, 15) is 9.59 Å². The number of hydrogen-bond acceptors (Lipinski definition) is 4. The zero-order chi connectivity index (χ0) is 9.56. The smallest absolute Gasteiger partial charge is 0.305 e. The molecule has 0 radical (unpaired) electrons. The van der Waals surface area contributed by atoms with E-state index in [4.69, 9.17) is 5.11 Å². The van der Waals surface area contributed by atoms with E-state index in [0.29, 0.717) is 0 Å². The van der Waals surface area contributed by atoms with E-state index in [1.165, 1.54) is 4.90 Å².